The predicted octanol–water partition coefficient (Wildman–Crippen LogP) is 2.54. The van der Waals surface area contributed by atoms with Crippen LogP contribution in [-0.4, -0.2) is 67.3 Å². The van der Waals surface area contributed by atoms with Crippen molar-refractivity contribution in [2.45, 2.75) is 75.0 Å². The highest BCUT2D eigenvalue weighted by Gasteiger charge is 2.46. The zero-order valence-corrected chi connectivity index (χ0v) is 22.4. The van der Waals surface area contributed by atoms with Crippen molar-refractivity contribution in [3.05, 3.63) is 66.2 Å². The van der Waals surface area contributed by atoms with Crippen molar-refractivity contribution in [1.29, 1.82) is 0 Å². The van der Waals surface area contributed by atoms with Crippen LogP contribution in [0, 0.1) is 5.92 Å². The summed E-state index contributed by atoms with van der Waals surface area (Å²) in [6, 6.07) is 16.9. The fraction of sp³-hybridized carbons (Fsp3) is 0.500. The summed E-state index contributed by atoms with van der Waals surface area (Å²) in [7, 11) is -4.05. The number of nitrogens with two attached hydrogens (primary N) is 1. The van der Waals surface area contributed by atoms with E-state index in [2.05, 4.69) is 21.8 Å². The van der Waals surface area contributed by atoms with Crippen LogP contribution in [0.4, 0.5) is 0 Å². The number of amides is 2. The molecular weight excluding hydrogens is 488 g/mol. The lowest BCUT2D eigenvalue weighted by Gasteiger charge is -2.33. The highest BCUT2D eigenvalue weighted by molar-refractivity contribution is 7.90. The van der Waals surface area contributed by atoms with Crippen molar-refractivity contribution in [3.8, 4) is 0 Å². The molecular formula is C28H38N4O4S. The van der Waals surface area contributed by atoms with Gasteiger partial charge in [0.1, 0.15) is 6.04 Å². The molecule has 2 saturated heterocycles. The SMILES string of the molecule is CC(C)C[C@H](C(=O)NS(=O)(=O)c1ccccc1)N1CCC(CCc2ccccc2)N2C[C@H](N)C[C@H]2C1=O. The maximum absolute atomic E-state index is 13.9. The van der Waals surface area contributed by atoms with E-state index in [9.17, 15) is 18.0 Å². The van der Waals surface area contributed by atoms with Crippen LogP contribution in [0.3, 0.4) is 0 Å². The maximum atomic E-state index is 13.9. The predicted molar refractivity (Wildman–Crippen MR) is 143 cm³/mol. The smallest absolute Gasteiger partial charge is 0.264 e. The van der Waals surface area contributed by atoms with E-state index in [4.69, 9.17) is 5.73 Å². The molecule has 4 atom stereocenters. The van der Waals surface area contributed by atoms with E-state index in [0.29, 0.717) is 32.4 Å². The normalized spacial score (nSPS) is 23.5. The molecule has 2 aliphatic rings. The molecule has 2 heterocycles. The van der Waals surface area contributed by atoms with Gasteiger partial charge in [-0.3, -0.25) is 14.5 Å². The molecule has 2 aromatic carbocycles. The largest absolute Gasteiger partial charge is 0.329 e. The molecule has 1 unspecified atom stereocenters. The van der Waals surface area contributed by atoms with Gasteiger partial charge in [-0.25, -0.2) is 13.1 Å². The summed E-state index contributed by atoms with van der Waals surface area (Å²) in [5.41, 5.74) is 7.56. The van der Waals surface area contributed by atoms with Crippen molar-refractivity contribution in [1.82, 2.24) is 14.5 Å². The van der Waals surface area contributed by atoms with E-state index in [0.717, 1.165) is 12.8 Å². The van der Waals surface area contributed by atoms with Gasteiger partial charge in [0.2, 0.25) is 5.91 Å². The van der Waals surface area contributed by atoms with Crippen LogP contribution in [0.5, 0.6) is 0 Å². The van der Waals surface area contributed by atoms with Gasteiger partial charge in [0.15, 0.2) is 0 Å². The van der Waals surface area contributed by atoms with Crippen LogP contribution in [0.2, 0.25) is 0 Å². The van der Waals surface area contributed by atoms with E-state index in [1.165, 1.54) is 17.7 Å². The highest BCUT2D eigenvalue weighted by atomic mass is 32.2. The Bertz CT molecular complexity index is 1170. The lowest BCUT2D eigenvalue weighted by molar-refractivity contribution is -0.142. The third-order valence-corrected chi connectivity index (χ3v) is 8.75. The molecule has 8 nitrogen and oxygen atoms in total. The third kappa shape index (κ3) is 6.58. The van der Waals surface area contributed by atoms with Crippen LogP contribution in [0.25, 0.3) is 0 Å². The van der Waals surface area contributed by atoms with Crippen LogP contribution < -0.4 is 10.5 Å². The Labute approximate surface area is 220 Å². The molecule has 200 valence electrons. The Morgan fingerprint density at radius 3 is 2.38 bits per heavy atom. The summed E-state index contributed by atoms with van der Waals surface area (Å²) >= 11 is 0. The van der Waals surface area contributed by atoms with Gasteiger partial charge in [-0.1, -0.05) is 62.4 Å². The minimum absolute atomic E-state index is 0.0164. The summed E-state index contributed by atoms with van der Waals surface area (Å²) < 4.78 is 28.0. The molecule has 9 heteroatoms. The highest BCUT2D eigenvalue weighted by Crippen LogP contribution is 2.30. The van der Waals surface area contributed by atoms with Gasteiger partial charge in [-0.2, -0.15) is 0 Å². The van der Waals surface area contributed by atoms with E-state index < -0.39 is 28.0 Å². The molecule has 0 aromatic heterocycles. The second-order valence-corrected chi connectivity index (χ2v) is 12.3. The van der Waals surface area contributed by atoms with Gasteiger partial charge in [0.05, 0.1) is 10.9 Å². The van der Waals surface area contributed by atoms with Crippen LogP contribution in [-0.2, 0) is 26.0 Å². The summed E-state index contributed by atoms with van der Waals surface area (Å²) in [5.74, 6) is -0.711. The van der Waals surface area contributed by atoms with Gasteiger partial charge < -0.3 is 10.6 Å². The molecule has 37 heavy (non-hydrogen) atoms. The number of fused-ring (bicyclic) bond motifs is 1. The van der Waals surface area contributed by atoms with E-state index in [1.54, 1.807) is 23.1 Å². The number of hydrogen-bond donors (Lipinski definition) is 2. The first-order valence-corrected chi connectivity index (χ1v) is 14.6. The molecule has 2 fully saturated rings. The van der Waals surface area contributed by atoms with E-state index in [1.807, 2.05) is 32.0 Å². The van der Waals surface area contributed by atoms with Crippen molar-refractivity contribution in [2.24, 2.45) is 11.7 Å². The Morgan fingerprint density at radius 1 is 1.08 bits per heavy atom. The standard InChI is InChI=1S/C28H38N4O4S/c1-20(2)17-25(27(33)30-37(35,36)24-11-7-4-8-12-24)31-16-15-23(14-13-21-9-5-3-6-10-21)32-19-22(29)18-26(32)28(31)34/h3-12,20,22-23,25-26H,13-19,29H2,1-2H3,(H,30,33)/t22-,23?,25-,26+/m1/s1. The second-order valence-electron chi connectivity index (χ2n) is 10.6. The van der Waals surface area contributed by atoms with E-state index >= 15 is 0 Å². The van der Waals surface area contributed by atoms with Crippen molar-refractivity contribution in [3.63, 3.8) is 0 Å². The van der Waals surface area contributed by atoms with Crippen molar-refractivity contribution in [2.75, 3.05) is 13.1 Å². The number of nitrogens with zero attached hydrogens (tertiary/aromatic N) is 2. The topological polar surface area (TPSA) is 113 Å². The minimum atomic E-state index is -4.05. The van der Waals surface area contributed by atoms with Gasteiger partial charge >= 0.3 is 0 Å². The molecule has 2 amide bonds. The number of carbonyl (C=O) groups is 2. The average molecular weight is 527 g/mol. The summed E-state index contributed by atoms with van der Waals surface area (Å²) in [4.78, 5) is 31.2. The van der Waals surface area contributed by atoms with E-state index in [-0.39, 0.29) is 28.8 Å². The third-order valence-electron chi connectivity index (χ3n) is 7.38. The molecule has 0 spiro atoms. The van der Waals surface area contributed by atoms with Crippen LogP contribution in [0.1, 0.15) is 45.1 Å². The quantitative estimate of drug-likeness (QED) is 0.519. The fourth-order valence-corrected chi connectivity index (χ4v) is 6.61. The first-order chi connectivity index (χ1) is 17.7. The molecule has 0 radical (unpaired) electrons. The number of carbonyl (C=O) groups excluding carboxylic acids is 2. The second kappa shape index (κ2) is 11.8. The van der Waals surface area contributed by atoms with Gasteiger partial charge in [-0.05, 0) is 55.7 Å². The number of sulfonamides is 1. The Hall–Kier alpha value is -2.75. The zero-order valence-electron chi connectivity index (χ0n) is 21.6. The Kier molecular flexibility index (Phi) is 8.67. The molecule has 2 aromatic rings. The zero-order chi connectivity index (χ0) is 26.6. The fourth-order valence-electron chi connectivity index (χ4n) is 5.58. The van der Waals surface area contributed by atoms with Gasteiger partial charge in [0, 0.05) is 25.2 Å². The molecule has 4 rings (SSSR count). The summed E-state index contributed by atoms with van der Waals surface area (Å²) in [6.07, 6.45) is 3.39. The monoisotopic (exact) mass is 526 g/mol. The van der Waals surface area contributed by atoms with Crippen molar-refractivity contribution >= 4 is 21.8 Å². The Morgan fingerprint density at radius 2 is 1.73 bits per heavy atom. The minimum Gasteiger partial charge on any atom is -0.329 e. The molecule has 2 aliphatic heterocycles. The summed E-state index contributed by atoms with van der Waals surface area (Å²) in [5, 5.41) is 0. The van der Waals surface area contributed by atoms with Crippen LogP contribution >= 0.6 is 0 Å². The first-order valence-electron chi connectivity index (χ1n) is 13.1. The first kappa shape index (κ1) is 27.3. The number of hydrogen-bond acceptors (Lipinski definition) is 6. The van der Waals surface area contributed by atoms with Crippen molar-refractivity contribution < 1.29 is 18.0 Å². The number of benzene rings is 2. The maximum Gasteiger partial charge on any atom is 0.264 e. The molecule has 0 aliphatic carbocycles. The van der Waals surface area contributed by atoms with Gasteiger partial charge in [0.25, 0.3) is 15.9 Å². The molecule has 3 N–H and O–H groups in total. The number of nitrogens with one attached hydrogen (secondary N) is 1. The average Bonchev–Trinajstić information content (AvgIpc) is 3.21. The lowest BCUT2D eigenvalue weighted by atomic mass is 10.00. The lowest BCUT2D eigenvalue weighted by Crippen LogP contribution is -2.54. The molecule has 0 bridgehead atoms. The van der Waals surface area contributed by atoms with Gasteiger partial charge in [-0.15, -0.1) is 0 Å². The summed E-state index contributed by atoms with van der Waals surface area (Å²) in [6.45, 7) is 4.98. The van der Waals surface area contributed by atoms with Crippen LogP contribution in [0.15, 0.2) is 65.6 Å². The number of aryl methyl sites for hydroxylation is 1. The number of rotatable bonds is 9. The Balaban J connectivity index is 1.56. The molecule has 0 saturated carbocycles.